The van der Waals surface area contributed by atoms with Crippen LogP contribution in [0.25, 0.3) is 0 Å². The second-order valence-corrected chi connectivity index (χ2v) is 5.86. The molecular formula is C14H27NO3. The molecule has 0 radical (unpaired) electrons. The number of aliphatic hydroxyl groups excluding tert-OH is 1. The van der Waals surface area contributed by atoms with Crippen LogP contribution in [0.3, 0.4) is 0 Å². The molecule has 0 saturated heterocycles. The van der Waals surface area contributed by atoms with E-state index in [4.69, 9.17) is 9.47 Å². The molecule has 2 atom stereocenters. The minimum absolute atomic E-state index is 0.0484. The molecular weight excluding hydrogens is 230 g/mol. The first-order chi connectivity index (χ1) is 8.70. The van der Waals surface area contributed by atoms with E-state index in [9.17, 15) is 5.11 Å². The van der Waals surface area contributed by atoms with E-state index in [2.05, 4.69) is 5.32 Å². The van der Waals surface area contributed by atoms with Crippen molar-refractivity contribution in [2.75, 3.05) is 26.9 Å². The van der Waals surface area contributed by atoms with Gasteiger partial charge in [-0.2, -0.15) is 0 Å². The van der Waals surface area contributed by atoms with Crippen molar-refractivity contribution in [3.05, 3.63) is 0 Å². The van der Waals surface area contributed by atoms with E-state index >= 15 is 0 Å². The van der Waals surface area contributed by atoms with Gasteiger partial charge in [0.15, 0.2) is 0 Å². The molecule has 2 aliphatic rings. The fraction of sp³-hybridized carbons (Fsp3) is 1.00. The molecule has 0 amide bonds. The Morgan fingerprint density at radius 1 is 1.17 bits per heavy atom. The Morgan fingerprint density at radius 2 is 1.78 bits per heavy atom. The van der Waals surface area contributed by atoms with Crippen LogP contribution in [0.2, 0.25) is 0 Å². The topological polar surface area (TPSA) is 50.7 Å². The Balaban J connectivity index is 1.57. The lowest BCUT2D eigenvalue weighted by Crippen LogP contribution is -2.40. The molecule has 0 aromatic rings. The second-order valence-electron chi connectivity index (χ2n) is 5.86. The van der Waals surface area contributed by atoms with Crippen molar-refractivity contribution in [2.45, 2.75) is 50.9 Å². The number of hydrogen-bond acceptors (Lipinski definition) is 4. The van der Waals surface area contributed by atoms with Crippen molar-refractivity contribution >= 4 is 0 Å². The summed E-state index contributed by atoms with van der Waals surface area (Å²) in [5.74, 6) is 1.75. The van der Waals surface area contributed by atoms with Gasteiger partial charge in [-0.15, -0.1) is 0 Å². The van der Waals surface area contributed by atoms with Crippen LogP contribution >= 0.6 is 0 Å². The zero-order valence-corrected chi connectivity index (χ0v) is 11.6. The molecule has 4 heteroatoms. The lowest BCUT2D eigenvalue weighted by molar-refractivity contribution is -0.0318. The minimum Gasteiger partial charge on any atom is -0.389 e. The molecule has 2 saturated carbocycles. The van der Waals surface area contributed by atoms with Crippen LogP contribution in [0.15, 0.2) is 0 Å². The number of aliphatic hydroxyl groups is 1. The fourth-order valence-corrected chi connectivity index (χ4v) is 2.52. The normalized spacial score (nSPS) is 23.3. The van der Waals surface area contributed by atoms with Gasteiger partial charge in [-0.3, -0.25) is 0 Å². The van der Waals surface area contributed by atoms with E-state index in [1.165, 1.54) is 25.7 Å². The van der Waals surface area contributed by atoms with Crippen molar-refractivity contribution < 1.29 is 14.6 Å². The molecule has 0 aromatic carbocycles. The van der Waals surface area contributed by atoms with Crippen molar-refractivity contribution in [2.24, 2.45) is 11.8 Å². The summed E-state index contributed by atoms with van der Waals surface area (Å²) in [6, 6.07) is 0.649. The number of ether oxygens (including phenoxy) is 2. The Kier molecular flexibility index (Phi) is 5.42. The van der Waals surface area contributed by atoms with Gasteiger partial charge in [0.25, 0.3) is 0 Å². The quantitative estimate of drug-likeness (QED) is 0.617. The molecule has 0 aromatic heterocycles. The van der Waals surface area contributed by atoms with Crippen LogP contribution in [-0.2, 0) is 9.47 Å². The molecule has 0 heterocycles. The van der Waals surface area contributed by atoms with Gasteiger partial charge in [0.05, 0.1) is 25.4 Å². The van der Waals surface area contributed by atoms with E-state index in [1.807, 2.05) is 6.92 Å². The highest BCUT2D eigenvalue weighted by molar-refractivity contribution is 4.96. The standard InChI is InChI=1S/C14H27NO3/c1-10(8-17-2)18-9-13(16)7-15-14(11-3-4-11)12-5-6-12/h10-16H,3-9H2,1-2H3. The number of nitrogens with one attached hydrogen (secondary N) is 1. The van der Waals surface area contributed by atoms with E-state index in [0.29, 0.717) is 25.8 Å². The molecule has 2 unspecified atom stereocenters. The smallest absolute Gasteiger partial charge is 0.0897 e. The predicted molar refractivity (Wildman–Crippen MR) is 70.5 cm³/mol. The SMILES string of the molecule is COCC(C)OCC(O)CNC(C1CC1)C1CC1. The molecule has 18 heavy (non-hydrogen) atoms. The maximum Gasteiger partial charge on any atom is 0.0897 e. The summed E-state index contributed by atoms with van der Waals surface area (Å²) >= 11 is 0. The van der Waals surface area contributed by atoms with Gasteiger partial charge in [0.1, 0.15) is 0 Å². The number of methoxy groups -OCH3 is 1. The Hall–Kier alpha value is -0.160. The van der Waals surface area contributed by atoms with Crippen LogP contribution in [0, 0.1) is 11.8 Å². The van der Waals surface area contributed by atoms with Crippen LogP contribution in [0.5, 0.6) is 0 Å². The average molecular weight is 257 g/mol. The first-order valence-corrected chi connectivity index (χ1v) is 7.22. The van der Waals surface area contributed by atoms with Crippen molar-refractivity contribution in [3.63, 3.8) is 0 Å². The molecule has 106 valence electrons. The Bertz CT molecular complexity index is 229. The Morgan fingerprint density at radius 3 is 2.28 bits per heavy atom. The Labute approximate surface area is 110 Å². The van der Waals surface area contributed by atoms with Gasteiger partial charge < -0.3 is 19.9 Å². The summed E-state index contributed by atoms with van der Waals surface area (Å²) in [7, 11) is 1.66. The molecule has 2 aliphatic carbocycles. The van der Waals surface area contributed by atoms with Crippen LogP contribution in [0.1, 0.15) is 32.6 Å². The molecule has 2 rings (SSSR count). The van der Waals surface area contributed by atoms with Crippen molar-refractivity contribution in [1.29, 1.82) is 0 Å². The summed E-state index contributed by atoms with van der Waals surface area (Å²) < 4.78 is 10.5. The van der Waals surface area contributed by atoms with E-state index in [-0.39, 0.29) is 6.10 Å². The molecule has 0 spiro atoms. The summed E-state index contributed by atoms with van der Waals surface area (Å²) in [5.41, 5.74) is 0. The molecule has 2 N–H and O–H groups in total. The second kappa shape index (κ2) is 6.85. The van der Waals surface area contributed by atoms with Crippen LogP contribution < -0.4 is 5.32 Å². The van der Waals surface area contributed by atoms with Gasteiger partial charge in [-0.05, 0) is 44.4 Å². The number of hydrogen-bond donors (Lipinski definition) is 2. The van der Waals surface area contributed by atoms with Crippen molar-refractivity contribution in [1.82, 2.24) is 5.32 Å². The van der Waals surface area contributed by atoms with E-state index in [1.54, 1.807) is 7.11 Å². The fourth-order valence-electron chi connectivity index (χ4n) is 2.52. The summed E-state index contributed by atoms with van der Waals surface area (Å²) in [5, 5.41) is 13.4. The zero-order chi connectivity index (χ0) is 13.0. The zero-order valence-electron chi connectivity index (χ0n) is 11.6. The molecule has 0 aliphatic heterocycles. The highest BCUT2D eigenvalue weighted by Gasteiger charge is 2.41. The largest absolute Gasteiger partial charge is 0.389 e. The van der Waals surface area contributed by atoms with Gasteiger partial charge in [0, 0.05) is 19.7 Å². The van der Waals surface area contributed by atoms with Crippen LogP contribution in [-0.4, -0.2) is 50.2 Å². The third-order valence-corrected chi connectivity index (χ3v) is 3.82. The predicted octanol–water partition coefficient (Wildman–Crippen LogP) is 1.18. The molecule has 4 nitrogen and oxygen atoms in total. The summed E-state index contributed by atoms with van der Waals surface area (Å²) in [6.45, 7) is 3.57. The van der Waals surface area contributed by atoms with E-state index < -0.39 is 6.10 Å². The lowest BCUT2D eigenvalue weighted by Gasteiger charge is -2.21. The first-order valence-electron chi connectivity index (χ1n) is 7.22. The van der Waals surface area contributed by atoms with Gasteiger partial charge in [0.2, 0.25) is 0 Å². The molecule has 2 fully saturated rings. The lowest BCUT2D eigenvalue weighted by atomic mass is 10.1. The highest BCUT2D eigenvalue weighted by atomic mass is 16.5. The monoisotopic (exact) mass is 257 g/mol. The van der Waals surface area contributed by atoms with E-state index in [0.717, 1.165) is 11.8 Å². The van der Waals surface area contributed by atoms with Gasteiger partial charge in [-0.25, -0.2) is 0 Å². The first kappa shape index (κ1) is 14.3. The minimum atomic E-state index is -0.413. The maximum atomic E-state index is 9.89. The van der Waals surface area contributed by atoms with Crippen LogP contribution in [0.4, 0.5) is 0 Å². The van der Waals surface area contributed by atoms with Crippen molar-refractivity contribution in [3.8, 4) is 0 Å². The van der Waals surface area contributed by atoms with Gasteiger partial charge >= 0.3 is 0 Å². The third kappa shape index (κ3) is 4.84. The summed E-state index contributed by atoms with van der Waals surface area (Å²) in [4.78, 5) is 0. The van der Waals surface area contributed by atoms with Gasteiger partial charge in [-0.1, -0.05) is 0 Å². The molecule has 0 bridgehead atoms. The third-order valence-electron chi connectivity index (χ3n) is 3.82. The number of rotatable bonds is 10. The average Bonchev–Trinajstić information content (AvgIpc) is 3.19. The summed E-state index contributed by atoms with van der Waals surface area (Å²) in [6.07, 6.45) is 5.10. The highest BCUT2D eigenvalue weighted by Crippen LogP contribution is 2.44. The maximum absolute atomic E-state index is 9.89.